The van der Waals surface area contributed by atoms with E-state index in [2.05, 4.69) is 22.2 Å². The first-order valence-electron chi connectivity index (χ1n) is 4.33. The number of halogens is 3. The van der Waals surface area contributed by atoms with Crippen LogP contribution in [0, 0.1) is 0 Å². The molecule has 0 aliphatic rings. The first-order valence-corrected chi connectivity index (χ1v) is 5.88. The van der Waals surface area contributed by atoms with E-state index in [4.69, 9.17) is 34.8 Å². The summed E-state index contributed by atoms with van der Waals surface area (Å²) in [6.45, 7) is 0. The topological polar surface area (TPSA) is 43.2 Å². The number of amides is 1. The first-order chi connectivity index (χ1) is 7.95. The summed E-state index contributed by atoms with van der Waals surface area (Å²) in [5.41, 5.74) is 0.416. The van der Waals surface area contributed by atoms with Gasteiger partial charge in [0.25, 0.3) is 5.16 Å². The quantitative estimate of drug-likeness (QED) is 0.284. The largest absolute Gasteiger partial charge is 0.415 e. The van der Waals surface area contributed by atoms with Gasteiger partial charge in [-0.2, -0.15) is 5.32 Å². The SMILES string of the molecule is O=C(NC(=[N+]=C=S)C(Cl)(Cl)Cl)c1ccccc1. The van der Waals surface area contributed by atoms with Gasteiger partial charge in [-0.05, 0) is 12.1 Å². The Bertz CT molecular complexity index is 500. The van der Waals surface area contributed by atoms with E-state index in [1.54, 1.807) is 30.3 Å². The van der Waals surface area contributed by atoms with Crippen LogP contribution in [0.2, 0.25) is 0 Å². The molecule has 1 rings (SSSR count). The third-order valence-corrected chi connectivity index (χ3v) is 2.32. The summed E-state index contributed by atoms with van der Waals surface area (Å²) >= 11 is 21.2. The van der Waals surface area contributed by atoms with Gasteiger partial charge < -0.3 is 0 Å². The number of hydrogen-bond donors (Lipinski definition) is 1. The molecule has 0 aliphatic heterocycles. The van der Waals surface area contributed by atoms with E-state index in [0.717, 1.165) is 0 Å². The van der Waals surface area contributed by atoms with Crippen LogP contribution in [-0.2, 0) is 0 Å². The van der Waals surface area contributed by atoms with Gasteiger partial charge in [0.15, 0.2) is 0 Å². The molecule has 0 unspecified atom stereocenters. The molecule has 0 saturated heterocycles. The highest BCUT2D eigenvalue weighted by Crippen LogP contribution is 2.25. The van der Waals surface area contributed by atoms with E-state index in [9.17, 15) is 4.79 Å². The lowest BCUT2D eigenvalue weighted by molar-refractivity contribution is 0.0976. The molecule has 0 aromatic heterocycles. The molecule has 1 N–H and O–H groups in total. The van der Waals surface area contributed by atoms with Crippen molar-refractivity contribution in [2.24, 2.45) is 0 Å². The fraction of sp³-hybridized carbons (Fsp3) is 0.100. The van der Waals surface area contributed by atoms with Crippen LogP contribution in [0.25, 0.3) is 0 Å². The number of amidine groups is 1. The summed E-state index contributed by atoms with van der Waals surface area (Å²) in [5, 5.41) is 4.39. The number of nitrogens with zero attached hydrogens (tertiary/aromatic N) is 1. The number of carbonyl (C=O) groups is 1. The number of thiocarbonyl (C=S) groups is 1. The average Bonchev–Trinajstić information content (AvgIpc) is 2.28. The number of isothiocyanates is 1. The smallest absolute Gasteiger partial charge is 0.241 e. The Morgan fingerprint density at radius 2 is 1.88 bits per heavy atom. The van der Waals surface area contributed by atoms with Gasteiger partial charge in [-0.3, -0.25) is 0 Å². The van der Waals surface area contributed by atoms with Gasteiger partial charge in [0.05, 0.1) is 5.56 Å². The van der Waals surface area contributed by atoms with Crippen molar-refractivity contribution in [3.05, 3.63) is 35.9 Å². The molecule has 0 heterocycles. The molecule has 1 aromatic carbocycles. The van der Waals surface area contributed by atoms with Crippen molar-refractivity contribution in [1.29, 1.82) is 0 Å². The summed E-state index contributed by atoms with van der Waals surface area (Å²) in [7, 11) is 0. The standard InChI is InChI=1S/C10H5Cl3N2OS/c11-10(12,13)9(14-6-17)15-8(16)7-4-2-1-3-5-7/h1-5H/p+1. The third kappa shape index (κ3) is 4.49. The highest BCUT2D eigenvalue weighted by molar-refractivity contribution is 7.78. The van der Waals surface area contributed by atoms with E-state index >= 15 is 0 Å². The normalized spacial score (nSPS) is 10.1. The summed E-state index contributed by atoms with van der Waals surface area (Å²) < 4.78 is 1.65. The van der Waals surface area contributed by atoms with Crippen molar-refractivity contribution in [2.75, 3.05) is 0 Å². The van der Waals surface area contributed by atoms with Crippen molar-refractivity contribution in [3.63, 3.8) is 0 Å². The molecular weight excluding hydrogens is 303 g/mol. The van der Waals surface area contributed by atoms with Crippen LogP contribution in [0.1, 0.15) is 10.4 Å². The van der Waals surface area contributed by atoms with E-state index in [1.807, 2.05) is 5.16 Å². The Morgan fingerprint density at radius 1 is 1.29 bits per heavy atom. The molecule has 0 fully saturated rings. The summed E-state index contributed by atoms with van der Waals surface area (Å²) in [5.74, 6) is -0.632. The Labute approximate surface area is 118 Å². The highest BCUT2D eigenvalue weighted by atomic mass is 35.6. The Hall–Kier alpha value is -0.860. The van der Waals surface area contributed by atoms with Crippen LogP contribution >= 0.6 is 47.0 Å². The van der Waals surface area contributed by atoms with E-state index < -0.39 is 9.70 Å². The predicted octanol–water partition coefficient (Wildman–Crippen LogP) is 2.36. The molecule has 88 valence electrons. The number of carbonyl (C=O) groups excluding carboxylic acids is 1. The monoisotopic (exact) mass is 307 g/mol. The van der Waals surface area contributed by atoms with Crippen LogP contribution in [-0.4, -0.2) is 20.7 Å². The van der Waals surface area contributed by atoms with Gasteiger partial charge in [-0.25, -0.2) is 4.79 Å². The minimum atomic E-state index is -1.86. The van der Waals surface area contributed by atoms with Gasteiger partial charge in [-0.1, -0.05) is 53.0 Å². The van der Waals surface area contributed by atoms with Gasteiger partial charge in [-0.15, -0.1) is 4.67 Å². The summed E-state index contributed by atoms with van der Waals surface area (Å²) in [6, 6.07) is 8.45. The molecule has 0 spiro atoms. The maximum absolute atomic E-state index is 11.7. The molecule has 1 amide bonds. The van der Waals surface area contributed by atoms with Crippen LogP contribution in [0.3, 0.4) is 0 Å². The molecule has 0 bridgehead atoms. The minimum Gasteiger partial charge on any atom is -0.241 e. The number of rotatable bonds is 1. The van der Waals surface area contributed by atoms with Crippen LogP contribution in [0.15, 0.2) is 30.3 Å². The zero-order chi connectivity index (χ0) is 12.9. The minimum absolute atomic E-state index is 0.189. The second-order valence-corrected chi connectivity index (χ2v) is 5.33. The van der Waals surface area contributed by atoms with E-state index in [0.29, 0.717) is 5.56 Å². The van der Waals surface area contributed by atoms with Crippen LogP contribution < -0.4 is 9.98 Å². The maximum Gasteiger partial charge on any atom is 0.415 e. The van der Waals surface area contributed by atoms with Gasteiger partial charge >= 0.3 is 15.5 Å². The Morgan fingerprint density at radius 3 is 2.35 bits per heavy atom. The fourth-order valence-corrected chi connectivity index (χ4v) is 1.34. The number of nitrogens with one attached hydrogen (secondary N) is 1. The van der Waals surface area contributed by atoms with Gasteiger partial charge in [0, 0.05) is 12.2 Å². The Balaban J connectivity index is 2.95. The van der Waals surface area contributed by atoms with Crippen molar-refractivity contribution in [2.45, 2.75) is 3.79 Å². The molecular formula is C10H6Cl3N2OS+. The fourth-order valence-electron chi connectivity index (χ4n) is 0.977. The molecule has 0 aliphatic carbocycles. The van der Waals surface area contributed by atoms with E-state index in [-0.39, 0.29) is 5.84 Å². The lowest BCUT2D eigenvalue weighted by atomic mass is 10.2. The zero-order valence-electron chi connectivity index (χ0n) is 8.28. The second kappa shape index (κ2) is 6.18. The predicted molar refractivity (Wildman–Crippen MR) is 73.9 cm³/mol. The maximum atomic E-state index is 11.7. The van der Waals surface area contributed by atoms with Crippen LogP contribution in [0.5, 0.6) is 0 Å². The third-order valence-electron chi connectivity index (χ3n) is 1.69. The van der Waals surface area contributed by atoms with Crippen molar-refractivity contribution in [1.82, 2.24) is 9.98 Å². The van der Waals surface area contributed by atoms with Crippen molar-refractivity contribution < 1.29 is 4.79 Å². The lowest BCUT2D eigenvalue weighted by Gasteiger charge is -2.04. The highest BCUT2D eigenvalue weighted by Gasteiger charge is 2.39. The van der Waals surface area contributed by atoms with Gasteiger partial charge in [0.1, 0.15) is 0 Å². The molecule has 0 radical (unpaired) electrons. The molecule has 3 nitrogen and oxygen atoms in total. The molecule has 1 aromatic rings. The van der Waals surface area contributed by atoms with E-state index in [1.165, 1.54) is 0 Å². The number of hydrogen-bond acceptors (Lipinski definition) is 2. The average molecular weight is 309 g/mol. The molecule has 0 atom stereocenters. The van der Waals surface area contributed by atoms with Crippen LogP contribution in [0.4, 0.5) is 0 Å². The van der Waals surface area contributed by atoms with Gasteiger partial charge in [0.2, 0.25) is 0 Å². The lowest BCUT2D eigenvalue weighted by Crippen LogP contribution is -2.40. The molecule has 7 heteroatoms. The number of alkyl halides is 3. The molecule has 0 saturated carbocycles. The first kappa shape index (κ1) is 14.2. The second-order valence-electron chi connectivity index (χ2n) is 2.87. The van der Waals surface area contributed by atoms with Crippen molar-refractivity contribution in [3.8, 4) is 0 Å². The molecule has 17 heavy (non-hydrogen) atoms. The van der Waals surface area contributed by atoms with Crippen molar-refractivity contribution >= 4 is 63.9 Å². The summed E-state index contributed by atoms with van der Waals surface area (Å²) in [6.07, 6.45) is 0. The summed E-state index contributed by atoms with van der Waals surface area (Å²) in [4.78, 5) is 11.7. The number of benzene rings is 1. The Kier molecular flexibility index (Phi) is 5.16. The zero-order valence-corrected chi connectivity index (χ0v) is 11.4.